The lowest BCUT2D eigenvalue weighted by molar-refractivity contribution is -0.122. The largest absolute Gasteiger partial charge is 0.328 e. The number of nitrogens with zero attached hydrogens (tertiary/aromatic N) is 4. The molecule has 0 spiro atoms. The molecule has 5 nitrogen and oxygen atoms in total. The van der Waals surface area contributed by atoms with Crippen LogP contribution in [-0.2, 0) is 11.8 Å². The van der Waals surface area contributed by atoms with Crippen LogP contribution in [0, 0.1) is 0 Å². The number of thiocarbonyl (C=S) groups is 1. The van der Waals surface area contributed by atoms with Gasteiger partial charge in [0.25, 0.3) is 5.91 Å². The third kappa shape index (κ3) is 3.17. The number of benzene rings is 1. The third-order valence-electron chi connectivity index (χ3n) is 3.73. The van der Waals surface area contributed by atoms with E-state index in [0.717, 1.165) is 23.4 Å². The first-order valence-electron chi connectivity index (χ1n) is 7.29. The number of carbonyl (C=O) groups excluding carboxylic acids is 1. The molecule has 1 aromatic carbocycles. The summed E-state index contributed by atoms with van der Waals surface area (Å²) in [6.45, 7) is 1.39. The lowest BCUT2D eigenvalue weighted by Gasteiger charge is -2.17. The molecule has 1 aliphatic rings. The van der Waals surface area contributed by atoms with Crippen molar-refractivity contribution in [2.75, 3.05) is 27.2 Å². The summed E-state index contributed by atoms with van der Waals surface area (Å²) in [7, 11) is 5.91. The first-order valence-corrected chi connectivity index (χ1v) is 8.51. The number of para-hydroxylation sites is 2. The van der Waals surface area contributed by atoms with Crippen molar-refractivity contribution in [3.05, 3.63) is 35.0 Å². The minimum atomic E-state index is -0.0334. The summed E-state index contributed by atoms with van der Waals surface area (Å²) < 4.78 is 2.60. The van der Waals surface area contributed by atoms with Crippen LogP contribution in [0.3, 0.4) is 0 Å². The number of amides is 1. The van der Waals surface area contributed by atoms with Crippen LogP contribution in [0.15, 0.2) is 29.2 Å². The molecule has 1 saturated heterocycles. The van der Waals surface area contributed by atoms with Gasteiger partial charge in [-0.3, -0.25) is 9.69 Å². The molecule has 2 aromatic rings. The summed E-state index contributed by atoms with van der Waals surface area (Å²) in [4.78, 5) is 21.5. The Morgan fingerprint density at radius 1 is 1.35 bits per heavy atom. The molecule has 0 saturated carbocycles. The topological polar surface area (TPSA) is 41.4 Å². The Balaban J connectivity index is 1.89. The highest BCUT2D eigenvalue weighted by atomic mass is 32.2. The number of hydrogen-bond acceptors (Lipinski definition) is 5. The number of likely N-dealkylation sites (N-methyl/N-ethyl adjacent to an activating group) is 1. The number of imidazole rings is 1. The molecule has 0 bridgehead atoms. The van der Waals surface area contributed by atoms with Crippen molar-refractivity contribution in [2.24, 2.45) is 7.05 Å². The Kier molecular flexibility index (Phi) is 4.52. The maximum absolute atomic E-state index is 12.6. The second-order valence-electron chi connectivity index (χ2n) is 5.65. The summed E-state index contributed by atoms with van der Waals surface area (Å²) in [6.07, 6.45) is 1.83. The Labute approximate surface area is 145 Å². The van der Waals surface area contributed by atoms with Crippen LogP contribution < -0.4 is 0 Å². The van der Waals surface area contributed by atoms with Crippen molar-refractivity contribution in [2.45, 2.75) is 0 Å². The predicted octanol–water partition coefficient (Wildman–Crippen LogP) is 2.34. The number of carbonyl (C=O) groups is 1. The van der Waals surface area contributed by atoms with Gasteiger partial charge in [0.05, 0.1) is 15.9 Å². The average molecular weight is 346 g/mol. The van der Waals surface area contributed by atoms with Gasteiger partial charge in [-0.05, 0) is 26.2 Å². The fourth-order valence-electron chi connectivity index (χ4n) is 2.40. The molecule has 3 rings (SSSR count). The van der Waals surface area contributed by atoms with E-state index in [2.05, 4.69) is 4.98 Å². The normalized spacial score (nSPS) is 17.2. The van der Waals surface area contributed by atoms with Gasteiger partial charge < -0.3 is 9.47 Å². The summed E-state index contributed by atoms with van der Waals surface area (Å²) in [5.74, 6) is 0.730. The predicted molar refractivity (Wildman–Crippen MR) is 99.1 cm³/mol. The second kappa shape index (κ2) is 6.43. The van der Waals surface area contributed by atoms with Gasteiger partial charge in [-0.25, -0.2) is 4.98 Å². The zero-order valence-electron chi connectivity index (χ0n) is 13.3. The van der Waals surface area contributed by atoms with Crippen molar-refractivity contribution in [3.63, 3.8) is 0 Å². The summed E-state index contributed by atoms with van der Waals surface area (Å²) >= 11 is 6.69. The van der Waals surface area contributed by atoms with E-state index in [4.69, 9.17) is 12.2 Å². The van der Waals surface area contributed by atoms with Gasteiger partial charge in [0.15, 0.2) is 0 Å². The van der Waals surface area contributed by atoms with Crippen LogP contribution >= 0.6 is 24.0 Å². The molecule has 23 heavy (non-hydrogen) atoms. The second-order valence-corrected chi connectivity index (χ2v) is 7.33. The number of hydrogen-bond donors (Lipinski definition) is 0. The van der Waals surface area contributed by atoms with E-state index in [9.17, 15) is 4.79 Å². The molecular weight excluding hydrogens is 328 g/mol. The van der Waals surface area contributed by atoms with Crippen molar-refractivity contribution in [1.82, 2.24) is 19.4 Å². The molecule has 1 aliphatic heterocycles. The van der Waals surface area contributed by atoms with Gasteiger partial charge in [0.2, 0.25) is 0 Å². The zero-order chi connectivity index (χ0) is 16.6. The molecule has 1 fully saturated rings. The zero-order valence-corrected chi connectivity index (χ0v) is 14.9. The Morgan fingerprint density at radius 2 is 2.09 bits per heavy atom. The highest BCUT2D eigenvalue weighted by Crippen LogP contribution is 2.32. The number of fused-ring (bicyclic) bond motifs is 1. The highest BCUT2D eigenvalue weighted by molar-refractivity contribution is 8.26. The molecule has 0 radical (unpaired) electrons. The average Bonchev–Trinajstić information content (AvgIpc) is 2.96. The molecule has 1 amide bonds. The quantitative estimate of drug-likeness (QED) is 0.628. The number of aryl methyl sites for hydroxylation is 1. The van der Waals surface area contributed by atoms with E-state index in [1.807, 2.05) is 61.0 Å². The molecule has 2 heterocycles. The van der Waals surface area contributed by atoms with Gasteiger partial charge in [-0.2, -0.15) is 0 Å². The first kappa shape index (κ1) is 16.2. The number of rotatable bonds is 4. The van der Waals surface area contributed by atoms with Crippen molar-refractivity contribution in [3.8, 4) is 0 Å². The standard InChI is InChI=1S/C16H18N4OS2/c1-18(2)8-9-20-15(21)13(23-16(20)22)10-14-17-11-6-4-5-7-12(11)19(14)3/h4-7,10H,8-9H2,1-3H3/b13-10+. The molecule has 120 valence electrons. The smallest absolute Gasteiger partial charge is 0.266 e. The summed E-state index contributed by atoms with van der Waals surface area (Å²) in [5.41, 5.74) is 1.96. The fourth-order valence-corrected chi connectivity index (χ4v) is 3.68. The van der Waals surface area contributed by atoms with Crippen molar-refractivity contribution in [1.29, 1.82) is 0 Å². The minimum absolute atomic E-state index is 0.0334. The lowest BCUT2D eigenvalue weighted by atomic mass is 10.3. The van der Waals surface area contributed by atoms with E-state index in [1.54, 1.807) is 4.90 Å². The van der Waals surface area contributed by atoms with Crippen molar-refractivity contribution >= 4 is 51.3 Å². The van der Waals surface area contributed by atoms with Crippen LogP contribution in [0.5, 0.6) is 0 Å². The number of aromatic nitrogens is 2. The van der Waals surface area contributed by atoms with E-state index in [1.165, 1.54) is 11.8 Å². The SMILES string of the molecule is CN(C)CCN1C(=O)/C(=C\c2nc3ccccc3n2C)SC1=S. The third-order valence-corrected chi connectivity index (χ3v) is 5.10. The molecule has 7 heteroatoms. The lowest BCUT2D eigenvalue weighted by Crippen LogP contribution is -2.34. The first-order chi connectivity index (χ1) is 11.0. The summed E-state index contributed by atoms with van der Waals surface area (Å²) in [5, 5.41) is 0. The van der Waals surface area contributed by atoms with Gasteiger partial charge in [-0.1, -0.05) is 36.1 Å². The van der Waals surface area contributed by atoms with Gasteiger partial charge >= 0.3 is 0 Å². The molecule has 0 atom stereocenters. The minimum Gasteiger partial charge on any atom is -0.328 e. The van der Waals surface area contributed by atoms with Crippen LogP contribution in [0.25, 0.3) is 17.1 Å². The Morgan fingerprint density at radius 3 is 2.78 bits per heavy atom. The van der Waals surface area contributed by atoms with Crippen LogP contribution in [0.1, 0.15) is 5.82 Å². The van der Waals surface area contributed by atoms with E-state index >= 15 is 0 Å². The van der Waals surface area contributed by atoms with Gasteiger partial charge in [0.1, 0.15) is 10.1 Å². The van der Waals surface area contributed by atoms with Gasteiger partial charge in [-0.15, -0.1) is 0 Å². The van der Waals surface area contributed by atoms with Crippen LogP contribution in [-0.4, -0.2) is 56.8 Å². The van der Waals surface area contributed by atoms with E-state index in [0.29, 0.717) is 15.8 Å². The molecular formula is C16H18N4OS2. The Bertz CT molecular complexity index is 810. The van der Waals surface area contributed by atoms with Gasteiger partial charge in [0, 0.05) is 26.2 Å². The molecule has 0 aliphatic carbocycles. The molecule has 1 aromatic heterocycles. The van der Waals surface area contributed by atoms with Crippen LogP contribution in [0.2, 0.25) is 0 Å². The summed E-state index contributed by atoms with van der Waals surface area (Å²) in [6, 6.07) is 7.92. The fraction of sp³-hybridized carbons (Fsp3) is 0.312. The maximum atomic E-state index is 12.6. The maximum Gasteiger partial charge on any atom is 0.266 e. The highest BCUT2D eigenvalue weighted by Gasteiger charge is 2.32. The van der Waals surface area contributed by atoms with Crippen LogP contribution in [0.4, 0.5) is 0 Å². The van der Waals surface area contributed by atoms with E-state index in [-0.39, 0.29) is 5.91 Å². The van der Waals surface area contributed by atoms with Crippen molar-refractivity contribution < 1.29 is 4.79 Å². The monoisotopic (exact) mass is 346 g/mol. The van der Waals surface area contributed by atoms with E-state index < -0.39 is 0 Å². The number of thioether (sulfide) groups is 1. The molecule has 0 unspecified atom stereocenters. The Hall–Kier alpha value is -1.70. The molecule has 0 N–H and O–H groups in total.